The van der Waals surface area contributed by atoms with Crippen LogP contribution in [0.2, 0.25) is 0 Å². The molecule has 1 aliphatic rings. The summed E-state index contributed by atoms with van der Waals surface area (Å²) in [6.45, 7) is 7.44. The van der Waals surface area contributed by atoms with E-state index in [0.717, 1.165) is 51.1 Å². The van der Waals surface area contributed by atoms with Crippen LogP contribution in [0.15, 0.2) is 4.52 Å². The van der Waals surface area contributed by atoms with Gasteiger partial charge in [-0.2, -0.15) is 4.98 Å². The summed E-state index contributed by atoms with van der Waals surface area (Å²) in [7, 11) is 0. The highest BCUT2D eigenvalue weighted by Gasteiger charge is 2.34. The summed E-state index contributed by atoms with van der Waals surface area (Å²) in [5.74, 6) is 1.51. The van der Waals surface area contributed by atoms with Crippen LogP contribution in [0.3, 0.4) is 0 Å². The summed E-state index contributed by atoms with van der Waals surface area (Å²) in [6, 6.07) is 0. The lowest BCUT2D eigenvalue weighted by Gasteiger charge is -2.36. The molecule has 102 valence electrons. The predicted molar refractivity (Wildman–Crippen MR) is 70.3 cm³/mol. The molecule has 0 radical (unpaired) electrons. The second kappa shape index (κ2) is 5.80. The quantitative estimate of drug-likeness (QED) is 0.794. The summed E-state index contributed by atoms with van der Waals surface area (Å²) in [6.07, 6.45) is 4.95. The van der Waals surface area contributed by atoms with Gasteiger partial charge in [0.05, 0.1) is 0 Å². The van der Waals surface area contributed by atoms with Crippen LogP contribution >= 0.6 is 0 Å². The van der Waals surface area contributed by atoms with Crippen LogP contribution in [0.1, 0.15) is 44.8 Å². The molecule has 2 N–H and O–H groups in total. The van der Waals surface area contributed by atoms with Crippen molar-refractivity contribution in [3.8, 4) is 0 Å². The van der Waals surface area contributed by atoms with Gasteiger partial charge in [-0.05, 0) is 32.4 Å². The zero-order chi connectivity index (χ0) is 13.0. The van der Waals surface area contributed by atoms with Gasteiger partial charge in [0, 0.05) is 24.9 Å². The maximum atomic E-state index is 6.17. The molecule has 1 aromatic heterocycles. The molecule has 5 heteroatoms. The fourth-order valence-corrected chi connectivity index (χ4v) is 2.37. The minimum absolute atomic E-state index is 0.0807. The Balaban J connectivity index is 1.82. The summed E-state index contributed by atoms with van der Waals surface area (Å²) in [4.78, 5) is 6.79. The molecule has 0 saturated heterocycles. The topological polar surface area (TPSA) is 68.2 Å². The smallest absolute Gasteiger partial charge is 0.228 e. The van der Waals surface area contributed by atoms with Gasteiger partial charge in [-0.15, -0.1) is 0 Å². The van der Waals surface area contributed by atoms with Crippen molar-refractivity contribution in [2.24, 2.45) is 5.73 Å². The molecule has 1 aliphatic carbocycles. The van der Waals surface area contributed by atoms with Crippen LogP contribution in [-0.2, 0) is 12.8 Å². The molecule has 1 aromatic rings. The van der Waals surface area contributed by atoms with Crippen molar-refractivity contribution in [2.45, 2.75) is 51.5 Å². The normalized spacial score (nSPS) is 18.0. The first-order valence-corrected chi connectivity index (χ1v) is 6.98. The van der Waals surface area contributed by atoms with E-state index < -0.39 is 0 Å². The van der Waals surface area contributed by atoms with Crippen LogP contribution in [-0.4, -0.2) is 40.2 Å². The maximum absolute atomic E-state index is 6.17. The molecule has 0 amide bonds. The van der Waals surface area contributed by atoms with Crippen molar-refractivity contribution >= 4 is 0 Å². The first kappa shape index (κ1) is 13.5. The van der Waals surface area contributed by atoms with E-state index in [2.05, 4.69) is 28.9 Å². The van der Waals surface area contributed by atoms with Gasteiger partial charge in [-0.25, -0.2) is 0 Å². The third kappa shape index (κ3) is 3.29. The second-order valence-corrected chi connectivity index (χ2v) is 5.27. The number of hydrogen-bond donors (Lipinski definition) is 1. The Morgan fingerprint density at radius 3 is 2.61 bits per heavy atom. The van der Waals surface area contributed by atoms with Crippen molar-refractivity contribution in [2.75, 3.05) is 19.6 Å². The zero-order valence-electron chi connectivity index (χ0n) is 11.5. The molecular weight excluding hydrogens is 228 g/mol. The third-order valence-corrected chi connectivity index (χ3v) is 3.91. The van der Waals surface area contributed by atoms with E-state index in [0.29, 0.717) is 5.89 Å². The van der Waals surface area contributed by atoms with Gasteiger partial charge >= 0.3 is 0 Å². The van der Waals surface area contributed by atoms with Crippen LogP contribution in [0.5, 0.6) is 0 Å². The highest BCUT2D eigenvalue weighted by molar-refractivity contribution is 5.01. The largest absolute Gasteiger partial charge is 0.339 e. The summed E-state index contributed by atoms with van der Waals surface area (Å²) in [5, 5.41) is 4.03. The first-order valence-electron chi connectivity index (χ1n) is 6.98. The third-order valence-electron chi connectivity index (χ3n) is 3.91. The molecule has 0 atom stereocenters. The first-order chi connectivity index (χ1) is 8.65. The van der Waals surface area contributed by atoms with Gasteiger partial charge < -0.3 is 15.2 Å². The highest BCUT2D eigenvalue weighted by Crippen LogP contribution is 2.31. The van der Waals surface area contributed by atoms with Gasteiger partial charge in [0.1, 0.15) is 0 Å². The van der Waals surface area contributed by atoms with Crippen LogP contribution in [0.4, 0.5) is 0 Å². The van der Waals surface area contributed by atoms with Crippen LogP contribution in [0, 0.1) is 0 Å². The molecule has 2 rings (SSSR count). The van der Waals surface area contributed by atoms with Gasteiger partial charge in [-0.3, -0.25) is 0 Å². The molecule has 1 fully saturated rings. The van der Waals surface area contributed by atoms with Gasteiger partial charge in [0.15, 0.2) is 5.82 Å². The Kier molecular flexibility index (Phi) is 4.35. The molecular formula is C13H24N4O. The Bertz CT molecular complexity index is 369. The minimum atomic E-state index is -0.0807. The number of aromatic nitrogens is 2. The number of nitrogens with zero attached hydrogens (tertiary/aromatic N) is 3. The fourth-order valence-electron chi connectivity index (χ4n) is 2.37. The molecule has 0 unspecified atom stereocenters. The average Bonchev–Trinajstić information content (AvgIpc) is 2.76. The van der Waals surface area contributed by atoms with Crippen LogP contribution < -0.4 is 5.73 Å². The summed E-state index contributed by atoms with van der Waals surface area (Å²) in [5.41, 5.74) is 6.09. The highest BCUT2D eigenvalue weighted by atomic mass is 16.5. The lowest BCUT2D eigenvalue weighted by atomic mass is 9.75. The van der Waals surface area contributed by atoms with Gasteiger partial charge in [-0.1, -0.05) is 19.0 Å². The fraction of sp³-hybridized carbons (Fsp3) is 0.846. The summed E-state index contributed by atoms with van der Waals surface area (Å²) < 4.78 is 5.28. The molecule has 0 bridgehead atoms. The number of rotatable bonds is 7. The van der Waals surface area contributed by atoms with Gasteiger partial charge in [0.2, 0.25) is 5.89 Å². The Morgan fingerprint density at radius 1 is 1.33 bits per heavy atom. The standard InChI is InChI=1S/C13H24N4O/c1-3-17(4-2)9-6-11-15-12(18-16-11)10-13(14)7-5-8-13/h3-10,14H2,1-2H3. The van der Waals surface area contributed by atoms with E-state index in [1.54, 1.807) is 0 Å². The number of likely N-dealkylation sites (N-methyl/N-ethyl adjacent to an activating group) is 1. The van der Waals surface area contributed by atoms with Crippen molar-refractivity contribution < 1.29 is 4.52 Å². The molecule has 1 saturated carbocycles. The van der Waals surface area contributed by atoms with Crippen LogP contribution in [0.25, 0.3) is 0 Å². The van der Waals surface area contributed by atoms with E-state index >= 15 is 0 Å². The van der Waals surface area contributed by atoms with E-state index in [-0.39, 0.29) is 5.54 Å². The molecule has 0 aliphatic heterocycles. The van der Waals surface area contributed by atoms with Crippen molar-refractivity contribution in [1.29, 1.82) is 0 Å². The predicted octanol–water partition coefficient (Wildman–Crippen LogP) is 1.38. The summed E-state index contributed by atoms with van der Waals surface area (Å²) >= 11 is 0. The Hall–Kier alpha value is -0.940. The zero-order valence-corrected chi connectivity index (χ0v) is 11.5. The molecule has 0 aromatic carbocycles. The van der Waals surface area contributed by atoms with E-state index in [9.17, 15) is 0 Å². The molecule has 0 spiro atoms. The van der Waals surface area contributed by atoms with Crippen molar-refractivity contribution in [1.82, 2.24) is 15.0 Å². The van der Waals surface area contributed by atoms with E-state index in [4.69, 9.17) is 10.3 Å². The van der Waals surface area contributed by atoms with Gasteiger partial charge in [0.25, 0.3) is 0 Å². The minimum Gasteiger partial charge on any atom is -0.339 e. The number of hydrogen-bond acceptors (Lipinski definition) is 5. The van der Waals surface area contributed by atoms with Crippen molar-refractivity contribution in [3.63, 3.8) is 0 Å². The maximum Gasteiger partial charge on any atom is 0.228 e. The lowest BCUT2D eigenvalue weighted by Crippen LogP contribution is -2.48. The SMILES string of the molecule is CCN(CC)CCc1noc(CC2(N)CCC2)n1. The van der Waals surface area contributed by atoms with Crippen molar-refractivity contribution in [3.05, 3.63) is 11.7 Å². The molecule has 1 heterocycles. The monoisotopic (exact) mass is 252 g/mol. The van der Waals surface area contributed by atoms with E-state index in [1.807, 2.05) is 0 Å². The number of nitrogens with two attached hydrogens (primary N) is 1. The Labute approximate surface area is 109 Å². The van der Waals surface area contributed by atoms with E-state index in [1.165, 1.54) is 6.42 Å². The molecule has 18 heavy (non-hydrogen) atoms. The molecule has 5 nitrogen and oxygen atoms in total. The lowest BCUT2D eigenvalue weighted by molar-refractivity contribution is 0.221. The average molecular weight is 252 g/mol. The Morgan fingerprint density at radius 2 is 2.06 bits per heavy atom. The second-order valence-electron chi connectivity index (χ2n) is 5.27.